The number of anilines is 1. The maximum Gasteiger partial charge on any atom is 0.271 e. The van der Waals surface area contributed by atoms with Crippen molar-refractivity contribution in [3.63, 3.8) is 0 Å². The van der Waals surface area contributed by atoms with Gasteiger partial charge in [-0.3, -0.25) is 9.48 Å². The fourth-order valence-corrected chi connectivity index (χ4v) is 2.02. The Morgan fingerprint density at radius 2 is 2.56 bits per heavy atom. The van der Waals surface area contributed by atoms with Gasteiger partial charge < -0.3 is 20.5 Å². The topological polar surface area (TPSA) is 91.4 Å². The zero-order chi connectivity index (χ0) is 13.2. The number of nitrogens with two attached hydrogens (primary N) is 1. The number of methoxy groups -OCH3 is 1. The first-order chi connectivity index (χ1) is 8.58. The van der Waals surface area contributed by atoms with E-state index < -0.39 is 5.60 Å². The van der Waals surface area contributed by atoms with Gasteiger partial charge in [0.05, 0.1) is 18.5 Å². The molecule has 1 unspecified atom stereocenters. The number of nitrogens with one attached hydrogen (secondary N) is 1. The number of nitrogen functional groups attached to an aromatic ring is 1. The van der Waals surface area contributed by atoms with Crippen LogP contribution in [0, 0.1) is 0 Å². The predicted molar refractivity (Wildman–Crippen MR) is 65.1 cm³/mol. The number of nitrogens with zero attached hydrogens (tertiary/aromatic N) is 2. The number of amides is 1. The van der Waals surface area contributed by atoms with Crippen molar-refractivity contribution in [1.82, 2.24) is 15.1 Å². The first kappa shape index (κ1) is 12.8. The summed E-state index contributed by atoms with van der Waals surface area (Å²) in [7, 11) is 3.30. The van der Waals surface area contributed by atoms with Crippen LogP contribution < -0.4 is 11.1 Å². The number of ether oxygens (including phenoxy) is 2. The minimum Gasteiger partial charge on any atom is -0.396 e. The molecule has 2 rings (SSSR count). The molecule has 0 saturated carbocycles. The summed E-state index contributed by atoms with van der Waals surface area (Å²) in [5.41, 5.74) is 5.99. The molecule has 100 valence electrons. The monoisotopic (exact) mass is 254 g/mol. The lowest BCUT2D eigenvalue weighted by Crippen LogP contribution is -2.45. The van der Waals surface area contributed by atoms with E-state index in [-0.39, 0.29) is 5.91 Å². The highest BCUT2D eigenvalue weighted by Gasteiger charge is 2.35. The average Bonchev–Trinajstić information content (AvgIpc) is 2.95. The second kappa shape index (κ2) is 4.95. The van der Waals surface area contributed by atoms with Gasteiger partial charge in [-0.15, -0.1) is 0 Å². The van der Waals surface area contributed by atoms with Gasteiger partial charge in [-0.25, -0.2) is 0 Å². The Hall–Kier alpha value is -1.60. The summed E-state index contributed by atoms with van der Waals surface area (Å²) in [5.74, 6) is -0.254. The van der Waals surface area contributed by atoms with Crippen LogP contribution in [0.2, 0.25) is 0 Å². The molecule has 0 spiro atoms. The van der Waals surface area contributed by atoms with E-state index in [1.807, 2.05) is 0 Å². The van der Waals surface area contributed by atoms with Crippen molar-refractivity contribution in [3.05, 3.63) is 11.9 Å². The van der Waals surface area contributed by atoms with Gasteiger partial charge in [-0.05, 0) is 0 Å². The van der Waals surface area contributed by atoms with Gasteiger partial charge in [0.1, 0.15) is 11.3 Å². The van der Waals surface area contributed by atoms with Crippen molar-refractivity contribution in [3.8, 4) is 0 Å². The molecule has 7 nitrogen and oxygen atoms in total. The summed E-state index contributed by atoms with van der Waals surface area (Å²) < 4.78 is 12.2. The summed E-state index contributed by atoms with van der Waals surface area (Å²) in [6.45, 7) is 1.54. The highest BCUT2D eigenvalue weighted by atomic mass is 16.5. The van der Waals surface area contributed by atoms with E-state index >= 15 is 0 Å². The largest absolute Gasteiger partial charge is 0.396 e. The molecule has 0 bridgehead atoms. The molecule has 1 atom stereocenters. The van der Waals surface area contributed by atoms with Crippen molar-refractivity contribution in [2.75, 3.05) is 32.6 Å². The third kappa shape index (κ3) is 2.32. The molecule has 1 saturated heterocycles. The lowest BCUT2D eigenvalue weighted by Gasteiger charge is -2.25. The Morgan fingerprint density at radius 1 is 1.78 bits per heavy atom. The van der Waals surface area contributed by atoms with Crippen LogP contribution >= 0.6 is 0 Å². The fourth-order valence-electron chi connectivity index (χ4n) is 2.02. The Bertz CT molecular complexity index is 418. The minimum atomic E-state index is -0.428. The fraction of sp³-hybridized carbons (Fsp3) is 0.636. The quantitative estimate of drug-likeness (QED) is 0.758. The van der Waals surface area contributed by atoms with Crippen molar-refractivity contribution < 1.29 is 14.3 Å². The van der Waals surface area contributed by atoms with E-state index in [1.54, 1.807) is 14.2 Å². The molecule has 1 amide bonds. The molecule has 7 heteroatoms. The molecular formula is C11H18N4O3. The highest BCUT2D eigenvalue weighted by molar-refractivity contribution is 5.97. The Morgan fingerprint density at radius 3 is 3.06 bits per heavy atom. The summed E-state index contributed by atoms with van der Waals surface area (Å²) in [6.07, 6.45) is 2.23. The molecule has 18 heavy (non-hydrogen) atoms. The van der Waals surface area contributed by atoms with Gasteiger partial charge in [0, 0.05) is 33.7 Å². The number of hydrogen-bond donors (Lipinski definition) is 2. The predicted octanol–water partition coefficient (Wildman–Crippen LogP) is -0.462. The van der Waals surface area contributed by atoms with E-state index in [9.17, 15) is 4.79 Å². The van der Waals surface area contributed by atoms with Crippen LogP contribution in [-0.4, -0.2) is 48.2 Å². The van der Waals surface area contributed by atoms with Crippen molar-refractivity contribution in [2.45, 2.75) is 12.0 Å². The molecule has 1 aliphatic rings. The molecule has 1 aliphatic heterocycles. The van der Waals surface area contributed by atoms with E-state index in [0.717, 1.165) is 6.42 Å². The molecule has 1 fully saturated rings. The standard InChI is InChI=1S/C11H18N4O3/c1-15-9(8(12)5-14-15)10(16)13-6-11(17-2)3-4-18-7-11/h5H,3-4,6-7,12H2,1-2H3,(H,13,16). The zero-order valence-corrected chi connectivity index (χ0v) is 10.6. The lowest BCUT2D eigenvalue weighted by molar-refractivity contribution is -0.0149. The number of rotatable bonds is 4. The van der Waals surface area contributed by atoms with Crippen molar-refractivity contribution in [1.29, 1.82) is 0 Å². The normalized spacial score (nSPS) is 23.2. The number of aromatic nitrogens is 2. The lowest BCUT2D eigenvalue weighted by atomic mass is 10.0. The molecular weight excluding hydrogens is 236 g/mol. The second-order valence-electron chi connectivity index (χ2n) is 4.44. The Labute approximate surface area is 105 Å². The van der Waals surface area contributed by atoms with E-state index in [2.05, 4.69) is 10.4 Å². The molecule has 1 aromatic heterocycles. The van der Waals surface area contributed by atoms with Crippen LogP contribution in [0.1, 0.15) is 16.9 Å². The third-order valence-corrected chi connectivity index (χ3v) is 3.25. The molecule has 1 aromatic rings. The molecule has 2 heterocycles. The van der Waals surface area contributed by atoms with Crippen LogP contribution in [-0.2, 0) is 16.5 Å². The third-order valence-electron chi connectivity index (χ3n) is 3.25. The van der Waals surface area contributed by atoms with E-state index in [4.69, 9.17) is 15.2 Å². The number of carbonyl (C=O) groups excluding carboxylic acids is 1. The summed E-state index contributed by atoms with van der Waals surface area (Å²) >= 11 is 0. The maximum atomic E-state index is 12.0. The van der Waals surface area contributed by atoms with Gasteiger partial charge in [-0.1, -0.05) is 0 Å². The first-order valence-corrected chi connectivity index (χ1v) is 5.76. The number of carbonyl (C=O) groups is 1. The molecule has 0 radical (unpaired) electrons. The van der Waals surface area contributed by atoms with Crippen LogP contribution in [0.15, 0.2) is 6.20 Å². The Balaban J connectivity index is 2.00. The maximum absolute atomic E-state index is 12.0. The second-order valence-corrected chi connectivity index (χ2v) is 4.44. The Kier molecular flexibility index (Phi) is 3.53. The van der Waals surface area contributed by atoms with Gasteiger partial charge in [0.25, 0.3) is 5.91 Å². The average molecular weight is 254 g/mol. The van der Waals surface area contributed by atoms with E-state index in [0.29, 0.717) is 31.1 Å². The van der Waals surface area contributed by atoms with Crippen molar-refractivity contribution >= 4 is 11.6 Å². The SMILES string of the molecule is COC1(CNC(=O)c2c(N)cnn2C)CCOC1. The minimum absolute atomic E-state index is 0.254. The zero-order valence-electron chi connectivity index (χ0n) is 10.6. The van der Waals surface area contributed by atoms with E-state index in [1.165, 1.54) is 10.9 Å². The van der Waals surface area contributed by atoms with Gasteiger partial charge >= 0.3 is 0 Å². The summed E-state index contributed by atoms with van der Waals surface area (Å²) in [4.78, 5) is 12.0. The van der Waals surface area contributed by atoms with Crippen LogP contribution in [0.4, 0.5) is 5.69 Å². The van der Waals surface area contributed by atoms with Gasteiger partial charge in [0.15, 0.2) is 0 Å². The van der Waals surface area contributed by atoms with Crippen LogP contribution in [0.5, 0.6) is 0 Å². The van der Waals surface area contributed by atoms with Crippen LogP contribution in [0.3, 0.4) is 0 Å². The van der Waals surface area contributed by atoms with Crippen LogP contribution in [0.25, 0.3) is 0 Å². The molecule has 0 aromatic carbocycles. The molecule has 3 N–H and O–H groups in total. The van der Waals surface area contributed by atoms with Gasteiger partial charge in [0.2, 0.25) is 0 Å². The number of aryl methyl sites for hydroxylation is 1. The number of hydrogen-bond acceptors (Lipinski definition) is 5. The highest BCUT2D eigenvalue weighted by Crippen LogP contribution is 2.21. The van der Waals surface area contributed by atoms with Crippen molar-refractivity contribution in [2.24, 2.45) is 7.05 Å². The smallest absolute Gasteiger partial charge is 0.271 e. The summed E-state index contributed by atoms with van der Waals surface area (Å²) in [5, 5.41) is 6.75. The summed E-state index contributed by atoms with van der Waals surface area (Å²) in [6, 6.07) is 0. The molecule has 0 aliphatic carbocycles. The van der Waals surface area contributed by atoms with Gasteiger partial charge in [-0.2, -0.15) is 5.10 Å². The first-order valence-electron chi connectivity index (χ1n) is 5.76.